The average molecular weight is 331 g/mol. The minimum absolute atomic E-state index is 0.467. The molecule has 2 heterocycles. The summed E-state index contributed by atoms with van der Waals surface area (Å²) in [4.78, 5) is 4.54. The fourth-order valence-electron chi connectivity index (χ4n) is 2.68. The lowest BCUT2D eigenvalue weighted by molar-refractivity contribution is 0.135. The van der Waals surface area contributed by atoms with Gasteiger partial charge in [-0.05, 0) is 39.2 Å². The van der Waals surface area contributed by atoms with Gasteiger partial charge in [-0.3, -0.25) is 0 Å². The molecule has 1 aromatic rings. The molecule has 0 saturated carbocycles. The minimum Gasteiger partial charge on any atom is -0.369 e. The van der Waals surface area contributed by atoms with Crippen molar-refractivity contribution in [2.24, 2.45) is 0 Å². The van der Waals surface area contributed by atoms with Crippen molar-refractivity contribution in [1.82, 2.24) is 9.99 Å². The summed E-state index contributed by atoms with van der Waals surface area (Å²) in [5, 5.41) is 6.58. The Kier molecular flexibility index (Phi) is 5.97. The van der Waals surface area contributed by atoms with Gasteiger partial charge in [0.2, 0.25) is 0 Å². The molecule has 1 aromatic heterocycles. The summed E-state index contributed by atoms with van der Waals surface area (Å²) in [5.41, 5.74) is 3.38. The summed E-state index contributed by atoms with van der Waals surface area (Å²) in [7, 11) is 0. The first-order valence-corrected chi connectivity index (χ1v) is 8.43. The topological polar surface area (TPSA) is 40.2 Å². The number of rotatable bonds is 5. The summed E-state index contributed by atoms with van der Waals surface area (Å²) in [6.07, 6.45) is 4.65. The molecule has 6 heteroatoms. The van der Waals surface area contributed by atoms with E-state index in [0.717, 1.165) is 13.0 Å². The predicted molar refractivity (Wildman–Crippen MR) is 91.3 cm³/mol. The lowest BCUT2D eigenvalue weighted by atomic mass is 10.00. The van der Waals surface area contributed by atoms with Crippen molar-refractivity contribution in [1.29, 1.82) is 0 Å². The molecular formula is C15H24Cl2N4. The van der Waals surface area contributed by atoms with Crippen molar-refractivity contribution in [2.75, 3.05) is 17.3 Å². The Hall–Kier alpha value is -0.710. The number of piperidine rings is 1. The van der Waals surface area contributed by atoms with E-state index in [1.54, 1.807) is 6.07 Å². The summed E-state index contributed by atoms with van der Waals surface area (Å²) in [6.45, 7) is 7.39. The summed E-state index contributed by atoms with van der Waals surface area (Å²) >= 11 is 12.5. The van der Waals surface area contributed by atoms with E-state index in [-0.39, 0.29) is 0 Å². The molecule has 1 fully saturated rings. The zero-order valence-corrected chi connectivity index (χ0v) is 14.4. The summed E-state index contributed by atoms with van der Waals surface area (Å²) in [6, 6.07) is 2.68. The number of nitrogens with zero attached hydrogens (tertiary/aromatic N) is 2. The molecule has 0 aliphatic carbocycles. The number of pyridine rings is 1. The number of nitrogens with one attached hydrogen (secondary N) is 2. The van der Waals surface area contributed by atoms with Gasteiger partial charge in [0.15, 0.2) is 5.82 Å². The van der Waals surface area contributed by atoms with Gasteiger partial charge in [-0.2, -0.15) is 0 Å². The standard InChI is InChI=1S/C15H24Cl2N4/c1-4-8-18-14-12(16)9-13(17)15(19-14)20-21-10(2)6-5-7-11(21)3/h9-11H,4-8H2,1-3H3,(H2,18,19,20). The highest BCUT2D eigenvalue weighted by molar-refractivity contribution is 6.37. The molecule has 118 valence electrons. The van der Waals surface area contributed by atoms with E-state index in [2.05, 4.69) is 41.5 Å². The number of hydrogen-bond donors (Lipinski definition) is 2. The molecule has 0 aromatic carbocycles. The molecule has 1 aliphatic heterocycles. The maximum atomic E-state index is 6.29. The second kappa shape index (κ2) is 7.52. The monoisotopic (exact) mass is 330 g/mol. The van der Waals surface area contributed by atoms with Crippen LogP contribution in [0.3, 0.4) is 0 Å². The molecule has 1 aliphatic rings. The number of anilines is 2. The van der Waals surface area contributed by atoms with Gasteiger partial charge >= 0.3 is 0 Å². The van der Waals surface area contributed by atoms with Gasteiger partial charge in [0.1, 0.15) is 5.82 Å². The van der Waals surface area contributed by atoms with E-state index >= 15 is 0 Å². The zero-order chi connectivity index (χ0) is 15.4. The molecule has 21 heavy (non-hydrogen) atoms. The van der Waals surface area contributed by atoms with Crippen molar-refractivity contribution in [3.63, 3.8) is 0 Å². The number of hydrazine groups is 1. The minimum atomic E-state index is 0.467. The van der Waals surface area contributed by atoms with Gasteiger partial charge < -0.3 is 10.7 Å². The number of aromatic nitrogens is 1. The fraction of sp³-hybridized carbons (Fsp3) is 0.667. The third-order valence-corrected chi connectivity index (χ3v) is 4.48. The van der Waals surface area contributed by atoms with Crippen LogP contribution in [0.15, 0.2) is 6.07 Å². The van der Waals surface area contributed by atoms with Crippen LogP contribution in [-0.4, -0.2) is 28.6 Å². The van der Waals surface area contributed by atoms with Crippen LogP contribution in [0.5, 0.6) is 0 Å². The highest BCUT2D eigenvalue weighted by atomic mass is 35.5. The van der Waals surface area contributed by atoms with Gasteiger partial charge in [0, 0.05) is 18.6 Å². The Morgan fingerprint density at radius 3 is 2.43 bits per heavy atom. The zero-order valence-electron chi connectivity index (χ0n) is 12.9. The van der Waals surface area contributed by atoms with Crippen LogP contribution >= 0.6 is 23.2 Å². The molecule has 2 atom stereocenters. The first-order chi connectivity index (χ1) is 10.0. The van der Waals surface area contributed by atoms with Crippen LogP contribution in [0.4, 0.5) is 11.6 Å². The largest absolute Gasteiger partial charge is 0.369 e. The Morgan fingerprint density at radius 2 is 1.81 bits per heavy atom. The molecule has 0 amide bonds. The van der Waals surface area contributed by atoms with Crippen LogP contribution in [0.1, 0.15) is 46.5 Å². The quantitative estimate of drug-likeness (QED) is 0.813. The van der Waals surface area contributed by atoms with Crippen LogP contribution < -0.4 is 10.7 Å². The van der Waals surface area contributed by atoms with Crippen molar-refractivity contribution in [3.8, 4) is 0 Å². The van der Waals surface area contributed by atoms with E-state index in [0.29, 0.717) is 33.8 Å². The SMILES string of the molecule is CCCNc1nc(NN2C(C)CCCC2C)c(Cl)cc1Cl. The molecule has 4 nitrogen and oxygen atoms in total. The van der Waals surface area contributed by atoms with E-state index < -0.39 is 0 Å². The molecule has 0 bridgehead atoms. The molecular weight excluding hydrogens is 307 g/mol. The lowest BCUT2D eigenvalue weighted by Gasteiger charge is -2.39. The van der Waals surface area contributed by atoms with Gasteiger partial charge in [0.05, 0.1) is 10.0 Å². The summed E-state index contributed by atoms with van der Waals surface area (Å²) in [5.74, 6) is 1.35. The van der Waals surface area contributed by atoms with Crippen LogP contribution in [0.2, 0.25) is 10.0 Å². The second-order valence-electron chi connectivity index (χ2n) is 5.72. The molecule has 2 N–H and O–H groups in total. The fourth-order valence-corrected chi connectivity index (χ4v) is 3.14. The molecule has 0 spiro atoms. The summed E-state index contributed by atoms with van der Waals surface area (Å²) < 4.78 is 0. The molecule has 1 saturated heterocycles. The van der Waals surface area contributed by atoms with Crippen molar-refractivity contribution < 1.29 is 0 Å². The van der Waals surface area contributed by atoms with Crippen molar-refractivity contribution >= 4 is 34.8 Å². The van der Waals surface area contributed by atoms with E-state index in [1.165, 1.54) is 19.3 Å². The smallest absolute Gasteiger partial charge is 0.161 e. The van der Waals surface area contributed by atoms with Crippen molar-refractivity contribution in [2.45, 2.75) is 58.5 Å². The van der Waals surface area contributed by atoms with Gasteiger partial charge in [0.25, 0.3) is 0 Å². The second-order valence-corrected chi connectivity index (χ2v) is 6.54. The first kappa shape index (κ1) is 16.7. The maximum Gasteiger partial charge on any atom is 0.161 e. The van der Waals surface area contributed by atoms with Crippen LogP contribution in [0.25, 0.3) is 0 Å². The number of hydrogen-bond acceptors (Lipinski definition) is 4. The van der Waals surface area contributed by atoms with Crippen molar-refractivity contribution in [3.05, 3.63) is 16.1 Å². The Labute approximate surface area is 137 Å². The Bertz CT molecular complexity index is 471. The molecule has 2 rings (SSSR count). The molecule has 2 unspecified atom stereocenters. The van der Waals surface area contributed by atoms with Gasteiger partial charge in [-0.15, -0.1) is 0 Å². The van der Waals surface area contributed by atoms with E-state index in [4.69, 9.17) is 23.2 Å². The number of halogens is 2. The third kappa shape index (κ3) is 4.15. The predicted octanol–water partition coefficient (Wildman–Crippen LogP) is 4.80. The third-order valence-electron chi connectivity index (χ3n) is 3.90. The van der Waals surface area contributed by atoms with Gasteiger partial charge in [-0.25, -0.2) is 9.99 Å². The average Bonchev–Trinajstić information content (AvgIpc) is 2.44. The van der Waals surface area contributed by atoms with Crippen LogP contribution in [0, 0.1) is 0 Å². The van der Waals surface area contributed by atoms with E-state index in [9.17, 15) is 0 Å². The Morgan fingerprint density at radius 1 is 1.19 bits per heavy atom. The van der Waals surface area contributed by atoms with Gasteiger partial charge in [-0.1, -0.05) is 36.5 Å². The van der Waals surface area contributed by atoms with Crippen LogP contribution in [-0.2, 0) is 0 Å². The highest BCUT2D eigenvalue weighted by Gasteiger charge is 2.25. The Balaban J connectivity index is 2.18. The molecule has 0 radical (unpaired) electrons. The highest BCUT2D eigenvalue weighted by Crippen LogP contribution is 2.31. The first-order valence-electron chi connectivity index (χ1n) is 7.67. The normalized spacial score (nSPS) is 23.1. The lowest BCUT2D eigenvalue weighted by Crippen LogP contribution is -2.47. The van der Waals surface area contributed by atoms with E-state index in [1.807, 2.05) is 0 Å². The maximum absolute atomic E-state index is 6.29.